The van der Waals surface area contributed by atoms with E-state index in [1.165, 1.54) is 12.8 Å². The van der Waals surface area contributed by atoms with Crippen LogP contribution in [0.1, 0.15) is 31.5 Å². The van der Waals surface area contributed by atoms with Crippen molar-refractivity contribution in [3.63, 3.8) is 0 Å². The minimum atomic E-state index is 0.528. The van der Waals surface area contributed by atoms with Gasteiger partial charge in [0.15, 0.2) is 5.82 Å². The molecule has 0 aliphatic heterocycles. The number of hydrogen-bond donors (Lipinski definition) is 1. The van der Waals surface area contributed by atoms with Gasteiger partial charge in [-0.15, -0.1) is 0 Å². The third-order valence-electron chi connectivity index (χ3n) is 3.31. The normalized spacial score (nSPS) is 24.6. The molecular formula is C11H13BrN4. The highest BCUT2D eigenvalue weighted by Gasteiger charge is 2.31. The standard InChI is InChI=1S/C11H13BrN4/c1-6-4-7(5-6)11-15-9(12)8-10(13)14-2-3-16(8)11/h2-3,6-7H,4-5H2,1H3,(H2,13,14). The fourth-order valence-electron chi connectivity index (χ4n) is 2.44. The van der Waals surface area contributed by atoms with Crippen LogP contribution >= 0.6 is 15.9 Å². The van der Waals surface area contributed by atoms with E-state index in [0.717, 1.165) is 21.9 Å². The van der Waals surface area contributed by atoms with Gasteiger partial charge in [0.2, 0.25) is 0 Å². The molecule has 1 fully saturated rings. The molecule has 1 aliphatic carbocycles. The van der Waals surface area contributed by atoms with Gasteiger partial charge in [-0.05, 0) is 34.7 Å². The van der Waals surface area contributed by atoms with Gasteiger partial charge in [-0.2, -0.15) is 0 Å². The van der Waals surface area contributed by atoms with E-state index in [-0.39, 0.29) is 0 Å². The summed E-state index contributed by atoms with van der Waals surface area (Å²) in [5.41, 5.74) is 6.74. The number of nitrogens with zero attached hydrogens (tertiary/aromatic N) is 3. The maximum absolute atomic E-state index is 5.86. The van der Waals surface area contributed by atoms with Crippen molar-refractivity contribution in [2.45, 2.75) is 25.7 Å². The van der Waals surface area contributed by atoms with Crippen LogP contribution in [-0.4, -0.2) is 14.4 Å². The van der Waals surface area contributed by atoms with Crippen LogP contribution in [0.5, 0.6) is 0 Å². The Morgan fingerprint density at radius 1 is 1.50 bits per heavy atom. The van der Waals surface area contributed by atoms with Crippen LogP contribution in [0.3, 0.4) is 0 Å². The topological polar surface area (TPSA) is 56.2 Å². The molecular weight excluding hydrogens is 268 g/mol. The molecule has 2 aromatic rings. The fourth-order valence-corrected chi connectivity index (χ4v) is 3.02. The number of nitrogen functional groups attached to an aromatic ring is 1. The zero-order valence-electron chi connectivity index (χ0n) is 9.02. The first-order valence-electron chi connectivity index (χ1n) is 5.44. The van der Waals surface area contributed by atoms with Gasteiger partial charge >= 0.3 is 0 Å². The molecule has 2 heterocycles. The first kappa shape index (κ1) is 10.1. The van der Waals surface area contributed by atoms with Crippen LogP contribution < -0.4 is 5.73 Å². The van der Waals surface area contributed by atoms with Crippen molar-refractivity contribution in [1.29, 1.82) is 0 Å². The Morgan fingerprint density at radius 2 is 2.25 bits per heavy atom. The molecule has 0 bridgehead atoms. The van der Waals surface area contributed by atoms with Crippen molar-refractivity contribution in [2.75, 3.05) is 5.73 Å². The average molecular weight is 281 g/mol. The van der Waals surface area contributed by atoms with Gasteiger partial charge in [-0.1, -0.05) is 6.92 Å². The summed E-state index contributed by atoms with van der Waals surface area (Å²) in [6.45, 7) is 2.28. The molecule has 84 valence electrons. The first-order valence-corrected chi connectivity index (χ1v) is 6.24. The van der Waals surface area contributed by atoms with Crippen molar-refractivity contribution in [1.82, 2.24) is 14.4 Å². The number of imidazole rings is 1. The molecule has 3 rings (SSSR count). The predicted octanol–water partition coefficient (Wildman–Crippen LogP) is 2.59. The molecule has 0 atom stereocenters. The van der Waals surface area contributed by atoms with Crippen LogP contribution in [0.4, 0.5) is 5.82 Å². The maximum atomic E-state index is 5.86. The second-order valence-corrected chi connectivity index (χ2v) is 5.32. The molecule has 2 N–H and O–H groups in total. The summed E-state index contributed by atoms with van der Waals surface area (Å²) in [4.78, 5) is 8.65. The zero-order valence-corrected chi connectivity index (χ0v) is 10.6. The summed E-state index contributed by atoms with van der Waals surface area (Å²) in [5, 5.41) is 0. The van der Waals surface area contributed by atoms with Gasteiger partial charge in [0, 0.05) is 18.3 Å². The molecule has 1 aliphatic rings. The Morgan fingerprint density at radius 3 is 2.94 bits per heavy atom. The van der Waals surface area contributed by atoms with E-state index in [1.807, 2.05) is 6.20 Å². The highest BCUT2D eigenvalue weighted by atomic mass is 79.9. The zero-order chi connectivity index (χ0) is 11.3. The molecule has 1 saturated carbocycles. The van der Waals surface area contributed by atoms with E-state index >= 15 is 0 Å². The van der Waals surface area contributed by atoms with Crippen molar-refractivity contribution in [2.24, 2.45) is 5.92 Å². The molecule has 0 saturated heterocycles. The lowest BCUT2D eigenvalue weighted by molar-refractivity contribution is 0.277. The van der Waals surface area contributed by atoms with E-state index in [4.69, 9.17) is 5.73 Å². The van der Waals surface area contributed by atoms with Crippen molar-refractivity contribution >= 4 is 27.3 Å². The lowest BCUT2D eigenvalue weighted by Gasteiger charge is -2.31. The summed E-state index contributed by atoms with van der Waals surface area (Å²) >= 11 is 3.45. The number of hydrogen-bond acceptors (Lipinski definition) is 3. The number of rotatable bonds is 1. The number of aromatic nitrogens is 3. The Hall–Kier alpha value is -1.10. The molecule has 0 amide bonds. The van der Waals surface area contributed by atoms with Crippen molar-refractivity contribution in [3.05, 3.63) is 22.8 Å². The van der Waals surface area contributed by atoms with Gasteiger partial charge in [0.25, 0.3) is 0 Å². The van der Waals surface area contributed by atoms with Gasteiger partial charge in [-0.3, -0.25) is 4.40 Å². The van der Waals surface area contributed by atoms with Crippen LogP contribution in [-0.2, 0) is 0 Å². The third kappa shape index (κ3) is 1.34. The molecule has 0 radical (unpaired) electrons. The maximum Gasteiger partial charge on any atom is 0.150 e. The van der Waals surface area contributed by atoms with Gasteiger partial charge in [-0.25, -0.2) is 9.97 Å². The number of halogens is 1. The fraction of sp³-hybridized carbons (Fsp3) is 0.455. The molecule has 0 aromatic carbocycles. The number of fused-ring (bicyclic) bond motifs is 1. The summed E-state index contributed by atoms with van der Waals surface area (Å²) in [6, 6.07) is 0. The summed E-state index contributed by atoms with van der Waals surface area (Å²) in [7, 11) is 0. The van der Waals surface area contributed by atoms with Crippen LogP contribution in [0, 0.1) is 5.92 Å². The van der Waals surface area contributed by atoms with Crippen LogP contribution in [0.15, 0.2) is 17.0 Å². The average Bonchev–Trinajstić information content (AvgIpc) is 2.53. The minimum absolute atomic E-state index is 0.528. The van der Waals surface area contributed by atoms with Crippen molar-refractivity contribution < 1.29 is 0 Å². The van der Waals surface area contributed by atoms with Crippen LogP contribution in [0.2, 0.25) is 0 Å². The quantitative estimate of drug-likeness (QED) is 0.874. The number of nitrogens with two attached hydrogens (primary N) is 1. The summed E-state index contributed by atoms with van der Waals surface area (Å²) < 4.78 is 2.86. The van der Waals surface area contributed by atoms with E-state index in [9.17, 15) is 0 Å². The predicted molar refractivity (Wildman–Crippen MR) is 66.2 cm³/mol. The Balaban J connectivity index is 2.16. The van der Waals surface area contributed by atoms with E-state index in [1.54, 1.807) is 6.20 Å². The highest BCUT2D eigenvalue weighted by Crippen LogP contribution is 2.41. The molecule has 16 heavy (non-hydrogen) atoms. The SMILES string of the molecule is CC1CC(c2nc(Br)c3c(N)nccn23)C1. The lowest BCUT2D eigenvalue weighted by Crippen LogP contribution is -2.21. The largest absolute Gasteiger partial charge is 0.382 e. The van der Waals surface area contributed by atoms with Crippen LogP contribution in [0.25, 0.3) is 5.52 Å². The molecule has 5 heteroatoms. The van der Waals surface area contributed by atoms with Crippen molar-refractivity contribution in [3.8, 4) is 0 Å². The Bertz CT molecular complexity index is 542. The lowest BCUT2D eigenvalue weighted by atomic mass is 9.76. The second kappa shape index (κ2) is 3.45. The van der Waals surface area contributed by atoms with E-state index < -0.39 is 0 Å². The molecule has 0 unspecified atom stereocenters. The van der Waals surface area contributed by atoms with Gasteiger partial charge in [0.1, 0.15) is 15.9 Å². The first-order chi connectivity index (χ1) is 7.66. The molecule has 2 aromatic heterocycles. The highest BCUT2D eigenvalue weighted by molar-refractivity contribution is 9.10. The Kier molecular flexibility index (Phi) is 2.17. The van der Waals surface area contributed by atoms with Gasteiger partial charge < -0.3 is 5.73 Å². The smallest absolute Gasteiger partial charge is 0.150 e. The summed E-state index contributed by atoms with van der Waals surface area (Å²) in [5.74, 6) is 3.01. The van der Waals surface area contributed by atoms with Gasteiger partial charge in [0.05, 0.1) is 0 Å². The molecule has 4 nitrogen and oxygen atoms in total. The number of anilines is 1. The summed E-state index contributed by atoms with van der Waals surface area (Å²) in [6.07, 6.45) is 6.09. The minimum Gasteiger partial charge on any atom is -0.382 e. The Labute approximate surface area is 102 Å². The van der Waals surface area contributed by atoms with E-state index in [2.05, 4.69) is 37.2 Å². The second-order valence-electron chi connectivity index (χ2n) is 4.57. The van der Waals surface area contributed by atoms with E-state index in [0.29, 0.717) is 11.7 Å². The third-order valence-corrected chi connectivity index (χ3v) is 3.86. The monoisotopic (exact) mass is 280 g/mol. The molecule has 0 spiro atoms.